The maximum Gasteiger partial charge on any atom is 0.228 e. The van der Waals surface area contributed by atoms with Gasteiger partial charge in [-0.3, -0.25) is 4.79 Å². The van der Waals surface area contributed by atoms with Crippen LogP contribution in [-0.4, -0.2) is 56.0 Å². The molecule has 0 N–H and O–H groups in total. The number of piperazine rings is 1. The summed E-state index contributed by atoms with van der Waals surface area (Å²) in [5, 5.41) is 0. The Morgan fingerprint density at radius 2 is 1.70 bits per heavy atom. The molecule has 0 bridgehead atoms. The zero-order valence-corrected chi connectivity index (χ0v) is 14.4. The summed E-state index contributed by atoms with van der Waals surface area (Å²) in [7, 11) is -3.15. The highest BCUT2D eigenvalue weighted by Gasteiger charge is 2.51. The lowest BCUT2D eigenvalue weighted by Gasteiger charge is -2.35. The third kappa shape index (κ3) is 3.75. The van der Waals surface area contributed by atoms with Crippen molar-refractivity contribution in [1.29, 1.82) is 0 Å². The third-order valence-electron chi connectivity index (χ3n) is 5.04. The molecule has 1 aliphatic heterocycles. The molecule has 0 atom stereocenters. The zero-order chi connectivity index (χ0) is 16.5. The number of sulfonamides is 1. The fraction of sp³-hybridized carbons (Fsp3) is 0.588. The van der Waals surface area contributed by atoms with E-state index in [1.165, 1.54) is 16.1 Å². The number of aryl methyl sites for hydroxylation is 1. The van der Waals surface area contributed by atoms with E-state index in [4.69, 9.17) is 0 Å². The number of nitrogens with zero attached hydrogens (tertiary/aromatic N) is 2. The van der Waals surface area contributed by atoms with E-state index in [-0.39, 0.29) is 11.3 Å². The monoisotopic (exact) mass is 336 g/mol. The second-order valence-corrected chi connectivity index (χ2v) is 8.70. The molecule has 1 aromatic rings. The summed E-state index contributed by atoms with van der Waals surface area (Å²) in [5.41, 5.74) is 1.08. The first-order valence-electron chi connectivity index (χ1n) is 8.19. The van der Waals surface area contributed by atoms with Gasteiger partial charge in [-0.25, -0.2) is 8.42 Å². The van der Waals surface area contributed by atoms with Crippen LogP contribution in [0.15, 0.2) is 30.3 Å². The van der Waals surface area contributed by atoms with E-state index in [0.717, 1.165) is 25.7 Å². The number of hydrogen-bond donors (Lipinski definition) is 0. The SMILES string of the molecule is CS(=O)(=O)N1CCN(C(=O)C2(CCc3ccccc3)CC2)CC1. The van der Waals surface area contributed by atoms with Gasteiger partial charge in [0.2, 0.25) is 15.9 Å². The van der Waals surface area contributed by atoms with Crippen molar-refractivity contribution in [2.45, 2.75) is 25.7 Å². The first-order chi connectivity index (χ1) is 10.9. The molecular formula is C17H24N2O3S. The lowest BCUT2D eigenvalue weighted by molar-refractivity contribution is -0.138. The van der Waals surface area contributed by atoms with Gasteiger partial charge < -0.3 is 4.90 Å². The third-order valence-corrected chi connectivity index (χ3v) is 6.34. The normalized spacial score (nSPS) is 21.2. The molecule has 2 aliphatic rings. The Morgan fingerprint density at radius 1 is 1.09 bits per heavy atom. The Kier molecular flexibility index (Phi) is 4.47. The fourth-order valence-electron chi connectivity index (χ4n) is 3.31. The molecule has 3 rings (SSSR count). The maximum atomic E-state index is 12.8. The molecule has 1 aliphatic carbocycles. The van der Waals surface area contributed by atoms with Crippen molar-refractivity contribution in [3.8, 4) is 0 Å². The van der Waals surface area contributed by atoms with E-state index in [1.807, 2.05) is 23.1 Å². The molecule has 5 nitrogen and oxygen atoms in total. The Morgan fingerprint density at radius 3 is 2.22 bits per heavy atom. The molecule has 0 aromatic heterocycles. The lowest BCUT2D eigenvalue weighted by Crippen LogP contribution is -2.52. The largest absolute Gasteiger partial charge is 0.340 e. The van der Waals surface area contributed by atoms with Crippen molar-refractivity contribution in [3.63, 3.8) is 0 Å². The highest BCUT2D eigenvalue weighted by atomic mass is 32.2. The Hall–Kier alpha value is -1.40. The minimum Gasteiger partial charge on any atom is -0.340 e. The number of rotatable bonds is 5. The summed E-state index contributed by atoms with van der Waals surface area (Å²) < 4.78 is 24.6. The van der Waals surface area contributed by atoms with Crippen LogP contribution in [0.5, 0.6) is 0 Å². The number of amides is 1. The molecule has 2 fully saturated rings. The zero-order valence-electron chi connectivity index (χ0n) is 13.6. The van der Waals surface area contributed by atoms with Crippen molar-refractivity contribution < 1.29 is 13.2 Å². The van der Waals surface area contributed by atoms with Crippen LogP contribution in [0.3, 0.4) is 0 Å². The quantitative estimate of drug-likeness (QED) is 0.819. The summed E-state index contributed by atoms with van der Waals surface area (Å²) in [5.74, 6) is 0.224. The van der Waals surface area contributed by atoms with Crippen molar-refractivity contribution in [3.05, 3.63) is 35.9 Å². The topological polar surface area (TPSA) is 57.7 Å². The van der Waals surface area contributed by atoms with Crippen molar-refractivity contribution in [1.82, 2.24) is 9.21 Å². The predicted molar refractivity (Wildman–Crippen MR) is 89.4 cm³/mol. The van der Waals surface area contributed by atoms with Gasteiger partial charge in [0.25, 0.3) is 0 Å². The van der Waals surface area contributed by atoms with Crippen LogP contribution in [-0.2, 0) is 21.2 Å². The maximum absolute atomic E-state index is 12.8. The van der Waals surface area contributed by atoms with Gasteiger partial charge in [-0.05, 0) is 31.2 Å². The van der Waals surface area contributed by atoms with Crippen LogP contribution < -0.4 is 0 Å². The minimum atomic E-state index is -3.15. The number of carbonyl (C=O) groups excluding carboxylic acids is 1. The highest BCUT2D eigenvalue weighted by molar-refractivity contribution is 7.88. The van der Waals surface area contributed by atoms with E-state index < -0.39 is 10.0 Å². The van der Waals surface area contributed by atoms with Crippen LogP contribution in [0.4, 0.5) is 0 Å². The molecule has 1 saturated heterocycles. The van der Waals surface area contributed by atoms with Crippen LogP contribution >= 0.6 is 0 Å². The smallest absolute Gasteiger partial charge is 0.228 e. The summed E-state index contributed by atoms with van der Waals surface area (Å²) in [6, 6.07) is 10.3. The number of benzene rings is 1. The van der Waals surface area contributed by atoms with Gasteiger partial charge in [0, 0.05) is 31.6 Å². The summed E-state index contributed by atoms with van der Waals surface area (Å²) in [4.78, 5) is 14.7. The van der Waals surface area contributed by atoms with Gasteiger partial charge in [0.15, 0.2) is 0 Å². The van der Waals surface area contributed by atoms with Gasteiger partial charge in [0.1, 0.15) is 0 Å². The van der Waals surface area contributed by atoms with Gasteiger partial charge in [-0.15, -0.1) is 0 Å². The summed E-state index contributed by atoms with van der Waals surface area (Å²) in [6.45, 7) is 1.86. The summed E-state index contributed by atoms with van der Waals surface area (Å²) >= 11 is 0. The first kappa shape index (κ1) is 16.5. The first-order valence-corrected chi connectivity index (χ1v) is 10.0. The van der Waals surface area contributed by atoms with Crippen LogP contribution in [0.2, 0.25) is 0 Å². The average molecular weight is 336 g/mol. The fourth-order valence-corrected chi connectivity index (χ4v) is 4.13. The Labute approximate surface area is 138 Å². The van der Waals surface area contributed by atoms with Crippen molar-refractivity contribution in [2.75, 3.05) is 32.4 Å². The van der Waals surface area contributed by atoms with Crippen LogP contribution in [0, 0.1) is 5.41 Å². The van der Waals surface area contributed by atoms with Crippen LogP contribution in [0.25, 0.3) is 0 Å². The summed E-state index contributed by atoms with van der Waals surface area (Å²) in [6.07, 6.45) is 4.97. The van der Waals surface area contributed by atoms with E-state index >= 15 is 0 Å². The van der Waals surface area contributed by atoms with Gasteiger partial charge >= 0.3 is 0 Å². The molecule has 6 heteroatoms. The van der Waals surface area contributed by atoms with Crippen molar-refractivity contribution in [2.24, 2.45) is 5.41 Å². The molecule has 0 spiro atoms. The minimum absolute atomic E-state index is 0.191. The number of hydrogen-bond acceptors (Lipinski definition) is 3. The van der Waals surface area contributed by atoms with Gasteiger partial charge in [0.05, 0.1) is 6.26 Å². The van der Waals surface area contributed by atoms with E-state index in [9.17, 15) is 13.2 Å². The molecule has 1 saturated carbocycles. The average Bonchev–Trinajstić information content (AvgIpc) is 3.34. The second-order valence-electron chi connectivity index (χ2n) is 6.72. The molecule has 0 unspecified atom stereocenters. The Balaban J connectivity index is 1.56. The van der Waals surface area contributed by atoms with Gasteiger partial charge in [-0.1, -0.05) is 30.3 Å². The molecular weight excluding hydrogens is 312 g/mol. The molecule has 1 amide bonds. The molecule has 1 heterocycles. The molecule has 0 radical (unpaired) electrons. The molecule has 1 aromatic carbocycles. The number of carbonyl (C=O) groups is 1. The predicted octanol–water partition coefficient (Wildman–Crippen LogP) is 1.50. The lowest BCUT2D eigenvalue weighted by atomic mass is 9.95. The Bertz CT molecular complexity index is 660. The van der Waals surface area contributed by atoms with Crippen LogP contribution in [0.1, 0.15) is 24.8 Å². The van der Waals surface area contributed by atoms with Crippen molar-refractivity contribution >= 4 is 15.9 Å². The van der Waals surface area contributed by atoms with E-state index in [1.54, 1.807) is 0 Å². The van der Waals surface area contributed by atoms with E-state index in [0.29, 0.717) is 26.2 Å². The highest BCUT2D eigenvalue weighted by Crippen LogP contribution is 2.51. The van der Waals surface area contributed by atoms with E-state index in [2.05, 4.69) is 12.1 Å². The molecule has 23 heavy (non-hydrogen) atoms. The standard InChI is InChI=1S/C17H24N2O3S/c1-23(21,22)19-13-11-18(12-14-19)16(20)17(9-10-17)8-7-15-5-3-2-4-6-15/h2-6H,7-14H2,1H3. The second kappa shape index (κ2) is 6.24. The van der Waals surface area contributed by atoms with Gasteiger partial charge in [-0.2, -0.15) is 4.31 Å². The molecule has 126 valence electrons.